The molecule has 1 saturated heterocycles. The van der Waals surface area contributed by atoms with E-state index in [2.05, 4.69) is 10.00 Å². The van der Waals surface area contributed by atoms with E-state index in [1.54, 1.807) is 0 Å². The van der Waals surface area contributed by atoms with Crippen molar-refractivity contribution >= 4 is 23.0 Å². The number of fused-ring (bicyclic) bond motifs is 1. The number of thiocarbonyl (C=S) groups is 1. The number of nitrogens with two attached hydrogens (primary N) is 1. The van der Waals surface area contributed by atoms with Gasteiger partial charge in [-0.1, -0.05) is 12.2 Å². The van der Waals surface area contributed by atoms with Crippen molar-refractivity contribution in [2.24, 2.45) is 24.6 Å². The summed E-state index contributed by atoms with van der Waals surface area (Å²) in [5.41, 5.74) is 7.60. The summed E-state index contributed by atoms with van der Waals surface area (Å²) in [6, 6.07) is 0. The van der Waals surface area contributed by atoms with E-state index in [0.717, 1.165) is 43.0 Å². The summed E-state index contributed by atoms with van der Waals surface area (Å²) in [7, 11) is 1.93. The maximum atomic E-state index is 10.0. The highest BCUT2D eigenvalue weighted by molar-refractivity contribution is 7.80. The largest absolute Gasteiger partial charge is 0.393 e. The van der Waals surface area contributed by atoms with Crippen molar-refractivity contribution in [3.05, 3.63) is 11.3 Å². The van der Waals surface area contributed by atoms with Crippen LogP contribution in [0.4, 0.5) is 5.82 Å². The van der Waals surface area contributed by atoms with Gasteiger partial charge in [0.25, 0.3) is 0 Å². The van der Waals surface area contributed by atoms with E-state index in [1.165, 1.54) is 0 Å². The molecule has 1 aromatic rings. The molecule has 1 saturated carbocycles. The van der Waals surface area contributed by atoms with Gasteiger partial charge in [0, 0.05) is 26.1 Å². The SMILES string of the molecule is Cc1nn(C)c(N2CC3CCC(O)C3C2)c1C(N)=S. The van der Waals surface area contributed by atoms with Gasteiger partial charge in [0.2, 0.25) is 0 Å². The highest BCUT2D eigenvalue weighted by atomic mass is 32.1. The Morgan fingerprint density at radius 2 is 2.16 bits per heavy atom. The number of aromatic nitrogens is 2. The van der Waals surface area contributed by atoms with E-state index in [9.17, 15) is 5.11 Å². The van der Waals surface area contributed by atoms with Gasteiger partial charge in [-0.15, -0.1) is 0 Å². The van der Waals surface area contributed by atoms with Gasteiger partial charge in [-0.3, -0.25) is 4.68 Å². The Labute approximate surface area is 118 Å². The van der Waals surface area contributed by atoms with Crippen LogP contribution in [0.15, 0.2) is 0 Å². The molecule has 0 aromatic carbocycles. The lowest BCUT2D eigenvalue weighted by molar-refractivity contribution is 0.133. The molecule has 104 valence electrons. The van der Waals surface area contributed by atoms with Gasteiger partial charge in [0.05, 0.1) is 17.4 Å². The second kappa shape index (κ2) is 4.45. The van der Waals surface area contributed by atoms with Crippen LogP contribution in [-0.4, -0.2) is 39.1 Å². The molecule has 19 heavy (non-hydrogen) atoms. The van der Waals surface area contributed by atoms with Crippen molar-refractivity contribution in [2.75, 3.05) is 18.0 Å². The fraction of sp³-hybridized carbons (Fsp3) is 0.692. The first kappa shape index (κ1) is 12.9. The molecule has 1 aromatic heterocycles. The maximum absolute atomic E-state index is 10.0. The smallest absolute Gasteiger partial charge is 0.137 e. The van der Waals surface area contributed by atoms with Crippen molar-refractivity contribution in [3.63, 3.8) is 0 Å². The van der Waals surface area contributed by atoms with E-state index in [4.69, 9.17) is 18.0 Å². The van der Waals surface area contributed by atoms with Crippen molar-refractivity contribution in [2.45, 2.75) is 25.9 Å². The zero-order valence-electron chi connectivity index (χ0n) is 11.3. The summed E-state index contributed by atoms with van der Waals surface area (Å²) in [4.78, 5) is 2.69. The molecule has 2 fully saturated rings. The number of aryl methyl sites for hydroxylation is 2. The minimum atomic E-state index is -0.155. The van der Waals surface area contributed by atoms with Gasteiger partial charge in [0.1, 0.15) is 10.8 Å². The van der Waals surface area contributed by atoms with Crippen LogP contribution in [0.5, 0.6) is 0 Å². The Morgan fingerprint density at radius 3 is 2.79 bits per heavy atom. The molecule has 0 spiro atoms. The number of anilines is 1. The Hall–Kier alpha value is -1.14. The van der Waals surface area contributed by atoms with Crippen LogP contribution in [0.25, 0.3) is 0 Å². The Balaban J connectivity index is 1.94. The summed E-state index contributed by atoms with van der Waals surface area (Å²) in [6.07, 6.45) is 1.90. The van der Waals surface area contributed by atoms with Crippen LogP contribution in [0, 0.1) is 18.8 Å². The molecule has 0 radical (unpaired) electrons. The molecular formula is C13H20N4OS. The Morgan fingerprint density at radius 1 is 1.42 bits per heavy atom. The lowest BCUT2D eigenvalue weighted by Crippen LogP contribution is -2.28. The zero-order valence-corrected chi connectivity index (χ0v) is 12.2. The fourth-order valence-electron chi connectivity index (χ4n) is 3.71. The second-order valence-electron chi connectivity index (χ2n) is 5.75. The van der Waals surface area contributed by atoms with E-state index < -0.39 is 0 Å². The first-order valence-electron chi connectivity index (χ1n) is 6.75. The topological polar surface area (TPSA) is 67.3 Å². The number of aliphatic hydroxyl groups excluding tert-OH is 1. The first-order valence-corrected chi connectivity index (χ1v) is 7.16. The molecular weight excluding hydrogens is 260 g/mol. The van der Waals surface area contributed by atoms with E-state index in [-0.39, 0.29) is 6.10 Å². The van der Waals surface area contributed by atoms with Crippen molar-refractivity contribution < 1.29 is 5.11 Å². The van der Waals surface area contributed by atoms with Crippen LogP contribution in [0.1, 0.15) is 24.1 Å². The maximum Gasteiger partial charge on any atom is 0.137 e. The van der Waals surface area contributed by atoms with Crippen LogP contribution < -0.4 is 10.6 Å². The van der Waals surface area contributed by atoms with Gasteiger partial charge in [0.15, 0.2) is 0 Å². The van der Waals surface area contributed by atoms with Crippen LogP contribution in [-0.2, 0) is 7.05 Å². The minimum absolute atomic E-state index is 0.155. The lowest BCUT2D eigenvalue weighted by Gasteiger charge is -2.22. The fourth-order valence-corrected chi connectivity index (χ4v) is 3.95. The molecule has 0 amide bonds. The quantitative estimate of drug-likeness (QED) is 0.775. The van der Waals surface area contributed by atoms with Gasteiger partial charge in [-0.2, -0.15) is 5.10 Å². The molecule has 3 rings (SSSR count). The predicted octanol–water partition coefficient (Wildman–Crippen LogP) is 0.570. The molecule has 0 bridgehead atoms. The van der Waals surface area contributed by atoms with Crippen LogP contribution in [0.3, 0.4) is 0 Å². The number of rotatable bonds is 2. The summed E-state index contributed by atoms with van der Waals surface area (Å²) in [5.74, 6) is 1.98. The van der Waals surface area contributed by atoms with Crippen molar-refractivity contribution in [1.29, 1.82) is 0 Å². The van der Waals surface area contributed by atoms with Gasteiger partial charge in [-0.05, 0) is 25.7 Å². The molecule has 1 aliphatic carbocycles. The van der Waals surface area contributed by atoms with E-state index >= 15 is 0 Å². The standard InChI is InChI=1S/C13H20N4OS/c1-7-11(12(14)19)13(16(2)15-7)17-5-8-3-4-10(18)9(8)6-17/h8-10,18H,3-6H2,1-2H3,(H2,14,19). The van der Waals surface area contributed by atoms with Crippen molar-refractivity contribution in [1.82, 2.24) is 9.78 Å². The summed E-state index contributed by atoms with van der Waals surface area (Å²) in [6.45, 7) is 3.78. The monoisotopic (exact) mass is 280 g/mol. The minimum Gasteiger partial charge on any atom is -0.393 e. The van der Waals surface area contributed by atoms with Crippen LogP contribution >= 0.6 is 12.2 Å². The normalized spacial score (nSPS) is 29.8. The van der Waals surface area contributed by atoms with Gasteiger partial charge >= 0.3 is 0 Å². The third-order valence-electron chi connectivity index (χ3n) is 4.56. The molecule has 5 nitrogen and oxygen atoms in total. The summed E-state index contributed by atoms with van der Waals surface area (Å²) < 4.78 is 1.86. The number of aliphatic hydroxyl groups is 1. The molecule has 3 atom stereocenters. The predicted molar refractivity (Wildman–Crippen MR) is 78.3 cm³/mol. The van der Waals surface area contributed by atoms with Gasteiger partial charge < -0.3 is 15.7 Å². The van der Waals surface area contributed by atoms with Gasteiger partial charge in [-0.25, -0.2) is 0 Å². The summed E-state index contributed by atoms with van der Waals surface area (Å²) in [5, 5.41) is 14.5. The average molecular weight is 280 g/mol. The number of nitrogens with zero attached hydrogens (tertiary/aromatic N) is 3. The Bertz CT molecular complexity index is 527. The second-order valence-corrected chi connectivity index (χ2v) is 6.19. The molecule has 1 aliphatic heterocycles. The lowest BCUT2D eigenvalue weighted by atomic mass is 10.00. The number of hydrogen-bond donors (Lipinski definition) is 2. The number of hydrogen-bond acceptors (Lipinski definition) is 4. The highest BCUT2D eigenvalue weighted by Crippen LogP contribution is 2.40. The highest BCUT2D eigenvalue weighted by Gasteiger charge is 2.43. The third kappa shape index (κ3) is 1.94. The molecule has 3 N–H and O–H groups in total. The van der Waals surface area contributed by atoms with Crippen LogP contribution in [0.2, 0.25) is 0 Å². The summed E-state index contributed by atoms with van der Waals surface area (Å²) >= 11 is 5.16. The Kier molecular flexibility index (Phi) is 3.02. The third-order valence-corrected chi connectivity index (χ3v) is 4.76. The van der Waals surface area contributed by atoms with E-state index in [1.807, 2.05) is 18.7 Å². The molecule has 2 aliphatic rings. The molecule has 6 heteroatoms. The molecule has 2 heterocycles. The first-order chi connectivity index (χ1) is 8.99. The zero-order chi connectivity index (χ0) is 13.7. The molecule has 3 unspecified atom stereocenters. The average Bonchev–Trinajstić information content (AvgIpc) is 2.94. The van der Waals surface area contributed by atoms with E-state index in [0.29, 0.717) is 16.8 Å². The van der Waals surface area contributed by atoms with Crippen molar-refractivity contribution in [3.8, 4) is 0 Å².